The van der Waals surface area contributed by atoms with Gasteiger partial charge in [0.15, 0.2) is 4.54 Å². The highest BCUT2D eigenvalue weighted by atomic mass is 16.3. The second-order valence-electron chi connectivity index (χ2n) is 1.56. The van der Waals surface area contributed by atoms with Gasteiger partial charge in [0, 0.05) is 6.07 Å². The molecule has 0 atom stereocenters. The molecule has 0 unspecified atom stereocenters. The summed E-state index contributed by atoms with van der Waals surface area (Å²) in [7, 11) is 1.69. The Morgan fingerprint density at radius 2 is 2.25 bits per heavy atom. The van der Waals surface area contributed by atoms with E-state index in [9.17, 15) is 4.91 Å². The van der Waals surface area contributed by atoms with Gasteiger partial charge in [0.25, 0.3) is 6.20 Å². The van der Waals surface area contributed by atoms with E-state index in [2.05, 4.69) is 0 Å². The average molecular weight is 111 g/mol. The van der Waals surface area contributed by atoms with E-state index in [4.69, 9.17) is 0 Å². The fourth-order valence-electron chi connectivity index (χ4n) is 0.468. The van der Waals surface area contributed by atoms with Crippen LogP contribution in [0.15, 0.2) is 24.5 Å². The molecule has 0 saturated heterocycles. The lowest BCUT2D eigenvalue weighted by atomic mass is 10.6. The van der Waals surface area contributed by atoms with E-state index in [1.807, 2.05) is 0 Å². The summed E-state index contributed by atoms with van der Waals surface area (Å²) in [5.74, 6) is 0. The van der Waals surface area contributed by atoms with E-state index < -0.39 is 0 Å². The highest BCUT2D eigenvalue weighted by molar-refractivity contribution is 4.77. The van der Waals surface area contributed by atoms with E-state index in [0.717, 1.165) is 4.54 Å². The van der Waals surface area contributed by atoms with Gasteiger partial charge in [-0.1, -0.05) is 0 Å². The molecule has 0 bridgehead atoms. The van der Waals surface area contributed by atoms with Crippen molar-refractivity contribution in [2.75, 3.05) is 0 Å². The first-order chi connectivity index (χ1) is 3.80. The Bertz CT molecular complexity index is 228. The lowest BCUT2D eigenvalue weighted by Gasteiger charge is -1.78. The van der Waals surface area contributed by atoms with Gasteiger partial charge < -0.3 is 0 Å². The molecule has 0 amide bonds. The predicted octanol–water partition coefficient (Wildman–Crippen LogP) is -0.0604. The van der Waals surface area contributed by atoms with Gasteiger partial charge in [-0.05, 0) is 6.07 Å². The lowest BCUT2D eigenvalue weighted by molar-refractivity contribution is -0.595. The van der Waals surface area contributed by atoms with Crippen molar-refractivity contribution in [1.82, 2.24) is 4.68 Å². The van der Waals surface area contributed by atoms with Crippen LogP contribution in [-0.2, 0) is 7.05 Å². The molecule has 1 aromatic heterocycles. The van der Waals surface area contributed by atoms with Crippen molar-refractivity contribution in [3.63, 3.8) is 0 Å². The van der Waals surface area contributed by atoms with Crippen LogP contribution in [0.25, 0.3) is 0 Å². The van der Waals surface area contributed by atoms with Gasteiger partial charge in [0.1, 0.15) is 0 Å². The molecular formula is C5H7N2O+. The molecule has 0 aliphatic heterocycles. The van der Waals surface area contributed by atoms with Gasteiger partial charge in [-0.25, -0.2) is 0 Å². The average Bonchev–Trinajstić information content (AvgIpc) is 1.77. The normalized spacial score (nSPS) is 9.12. The molecular weight excluding hydrogens is 104 g/mol. The highest BCUT2D eigenvalue weighted by Gasteiger charge is 1.88. The number of aryl methyl sites for hydroxylation is 1. The lowest BCUT2D eigenvalue weighted by Crippen LogP contribution is -2.26. The van der Waals surface area contributed by atoms with E-state index in [0.29, 0.717) is 0 Å². The summed E-state index contributed by atoms with van der Waals surface area (Å²) < 4.78 is 2.19. The van der Waals surface area contributed by atoms with Crippen LogP contribution in [0.5, 0.6) is 0 Å². The van der Waals surface area contributed by atoms with Crippen molar-refractivity contribution < 1.29 is 4.54 Å². The van der Waals surface area contributed by atoms with Crippen LogP contribution < -0.4 is 4.54 Å². The molecule has 1 aromatic rings. The van der Waals surface area contributed by atoms with E-state index in [1.165, 1.54) is 10.9 Å². The molecule has 0 aliphatic rings. The number of hydrogen-bond donors (Lipinski definition) is 0. The van der Waals surface area contributed by atoms with Crippen LogP contribution in [-0.4, -0.2) is 4.68 Å². The Kier molecular flexibility index (Phi) is 1.12. The Balaban J connectivity index is 3.35. The summed E-state index contributed by atoms with van der Waals surface area (Å²) in [6.07, 6.45) is 3.13. The molecule has 42 valence electrons. The zero-order chi connectivity index (χ0) is 5.98. The minimum absolute atomic E-state index is 0.750. The quantitative estimate of drug-likeness (QED) is 0.431. The molecule has 0 spiro atoms. The third-order valence-corrected chi connectivity index (χ3v) is 0.937. The van der Waals surface area contributed by atoms with E-state index in [1.54, 1.807) is 25.4 Å². The summed E-state index contributed by atoms with van der Waals surface area (Å²) in [4.78, 5) is 10.5. The SMILES string of the molecule is Cn1cccc[n+]1=O. The standard InChI is InChI=1S/C5H7N2O/c1-6-4-2-3-5-7(6)8/h2-5H,1H3/q+1. The first-order valence-electron chi connectivity index (χ1n) is 2.35. The summed E-state index contributed by atoms with van der Waals surface area (Å²) in [5.41, 5.74) is 0. The van der Waals surface area contributed by atoms with E-state index >= 15 is 0 Å². The first kappa shape index (κ1) is 5.03. The summed E-state index contributed by atoms with van der Waals surface area (Å²) >= 11 is 0. The predicted molar refractivity (Wildman–Crippen MR) is 28.8 cm³/mol. The fourth-order valence-corrected chi connectivity index (χ4v) is 0.468. The molecule has 0 saturated carbocycles. The van der Waals surface area contributed by atoms with Gasteiger partial charge >= 0.3 is 0 Å². The molecule has 0 radical (unpaired) electrons. The summed E-state index contributed by atoms with van der Waals surface area (Å²) in [6.45, 7) is 0. The smallest absolute Gasteiger partial charge is 0.113 e. The third-order valence-electron chi connectivity index (χ3n) is 0.937. The number of aromatic nitrogens is 2. The maximum Gasteiger partial charge on any atom is 0.257 e. The molecule has 3 nitrogen and oxygen atoms in total. The summed E-state index contributed by atoms with van der Waals surface area (Å²) in [5, 5.41) is 0. The molecule has 8 heavy (non-hydrogen) atoms. The van der Waals surface area contributed by atoms with Crippen LogP contribution >= 0.6 is 0 Å². The maximum absolute atomic E-state index is 10.5. The Hall–Kier alpha value is -1.12. The van der Waals surface area contributed by atoms with Crippen LogP contribution in [0, 0.1) is 4.91 Å². The summed E-state index contributed by atoms with van der Waals surface area (Å²) in [6, 6.07) is 3.49. The molecule has 0 N–H and O–H groups in total. The van der Waals surface area contributed by atoms with Crippen molar-refractivity contribution in [3.05, 3.63) is 29.4 Å². The third kappa shape index (κ3) is 0.753. The molecule has 1 rings (SSSR count). The molecule has 1 heterocycles. The van der Waals surface area contributed by atoms with Crippen LogP contribution in [0.4, 0.5) is 0 Å². The minimum atomic E-state index is 0.750. The second kappa shape index (κ2) is 1.78. The van der Waals surface area contributed by atoms with Crippen molar-refractivity contribution in [3.8, 4) is 0 Å². The van der Waals surface area contributed by atoms with Crippen LogP contribution in [0.3, 0.4) is 0 Å². The Morgan fingerprint density at radius 1 is 1.50 bits per heavy atom. The molecule has 3 heteroatoms. The van der Waals surface area contributed by atoms with Crippen molar-refractivity contribution >= 4 is 0 Å². The van der Waals surface area contributed by atoms with Gasteiger partial charge in [0.2, 0.25) is 0 Å². The Labute approximate surface area is 46.8 Å². The van der Waals surface area contributed by atoms with Crippen LogP contribution in [0.1, 0.15) is 0 Å². The first-order valence-corrected chi connectivity index (χ1v) is 2.35. The van der Waals surface area contributed by atoms with Gasteiger partial charge in [-0.2, -0.15) is 0 Å². The van der Waals surface area contributed by atoms with Crippen LogP contribution in [0.2, 0.25) is 0 Å². The van der Waals surface area contributed by atoms with Crippen molar-refractivity contribution in [1.29, 1.82) is 0 Å². The molecule has 0 fully saturated rings. The largest absolute Gasteiger partial charge is 0.257 e. The zero-order valence-corrected chi connectivity index (χ0v) is 4.61. The van der Waals surface area contributed by atoms with Gasteiger partial charge in [-0.3, -0.25) is 0 Å². The minimum Gasteiger partial charge on any atom is -0.113 e. The monoisotopic (exact) mass is 111 g/mol. The number of nitrogens with zero attached hydrogens (tertiary/aromatic N) is 2. The van der Waals surface area contributed by atoms with Gasteiger partial charge in [-0.15, -0.1) is 4.68 Å². The maximum atomic E-state index is 10.5. The second-order valence-corrected chi connectivity index (χ2v) is 1.56. The molecule has 0 aromatic carbocycles. The van der Waals surface area contributed by atoms with E-state index in [-0.39, 0.29) is 0 Å². The zero-order valence-electron chi connectivity index (χ0n) is 4.61. The fraction of sp³-hybridized carbons (Fsp3) is 0.200. The molecule has 0 aliphatic carbocycles. The van der Waals surface area contributed by atoms with Gasteiger partial charge in [0.05, 0.1) is 18.2 Å². The highest BCUT2D eigenvalue weighted by Crippen LogP contribution is 1.70. The van der Waals surface area contributed by atoms with Crippen molar-refractivity contribution in [2.45, 2.75) is 0 Å². The number of rotatable bonds is 0. The Morgan fingerprint density at radius 3 is 2.62 bits per heavy atom. The number of hydrogen-bond acceptors (Lipinski definition) is 1. The topological polar surface area (TPSA) is 27.9 Å². The van der Waals surface area contributed by atoms with Crippen molar-refractivity contribution in [2.24, 2.45) is 7.05 Å².